The van der Waals surface area contributed by atoms with Crippen LogP contribution < -0.4 is 5.32 Å². The molecule has 0 atom stereocenters. The van der Waals surface area contributed by atoms with Crippen molar-refractivity contribution in [3.8, 4) is 5.69 Å². The first-order valence-electron chi connectivity index (χ1n) is 10.6. The Kier molecular flexibility index (Phi) is 5.11. The van der Waals surface area contributed by atoms with E-state index in [2.05, 4.69) is 15.3 Å². The molecule has 0 saturated heterocycles. The number of nitrogens with one attached hydrogen (secondary N) is 1. The van der Waals surface area contributed by atoms with Crippen molar-refractivity contribution in [2.45, 2.75) is 19.6 Å². The molecule has 0 bridgehead atoms. The first kappa shape index (κ1) is 21.7. The van der Waals surface area contributed by atoms with Gasteiger partial charge in [-0.1, -0.05) is 6.07 Å². The molecular formula is C25H20F3N5O. The van der Waals surface area contributed by atoms with Crippen LogP contribution in [0.3, 0.4) is 0 Å². The molecule has 3 heterocycles. The summed E-state index contributed by atoms with van der Waals surface area (Å²) in [5.74, 6) is 0.513. The number of benzene rings is 2. The lowest BCUT2D eigenvalue weighted by Crippen LogP contribution is -2.22. The van der Waals surface area contributed by atoms with Crippen LogP contribution in [-0.4, -0.2) is 25.0 Å². The number of amides is 1. The summed E-state index contributed by atoms with van der Waals surface area (Å²) in [5, 5.41) is 3.68. The van der Waals surface area contributed by atoms with Crippen molar-refractivity contribution in [1.29, 1.82) is 0 Å². The molecule has 9 heteroatoms. The molecule has 6 nitrogen and oxygen atoms in total. The minimum Gasteiger partial charge on any atom is -0.348 e. The fourth-order valence-electron chi connectivity index (χ4n) is 4.07. The summed E-state index contributed by atoms with van der Waals surface area (Å²) in [7, 11) is 1.87. The van der Waals surface area contributed by atoms with Crippen LogP contribution in [-0.2, 0) is 19.8 Å². The molecule has 3 aromatic heterocycles. The summed E-state index contributed by atoms with van der Waals surface area (Å²) in [5.41, 5.74) is 3.36. The molecule has 172 valence electrons. The Bertz CT molecular complexity index is 1520. The van der Waals surface area contributed by atoms with Crippen LogP contribution in [0.4, 0.5) is 13.2 Å². The molecule has 5 rings (SSSR count). The smallest absolute Gasteiger partial charge is 0.348 e. The molecule has 0 radical (unpaired) electrons. The Morgan fingerprint density at radius 2 is 1.85 bits per heavy atom. The maximum atomic E-state index is 13.1. The molecule has 34 heavy (non-hydrogen) atoms. The van der Waals surface area contributed by atoms with Gasteiger partial charge in [0.05, 0.1) is 16.6 Å². The van der Waals surface area contributed by atoms with E-state index in [4.69, 9.17) is 0 Å². The van der Waals surface area contributed by atoms with E-state index in [1.54, 1.807) is 36.7 Å². The summed E-state index contributed by atoms with van der Waals surface area (Å²) in [6.07, 6.45) is -1.05. The Hall–Kier alpha value is -4.14. The number of hydrogen-bond donors (Lipinski definition) is 1. The number of imidazole rings is 1. The first-order valence-corrected chi connectivity index (χ1v) is 10.6. The van der Waals surface area contributed by atoms with E-state index in [1.807, 2.05) is 29.2 Å². The second kappa shape index (κ2) is 8.02. The zero-order chi connectivity index (χ0) is 24.0. The molecule has 0 aliphatic heterocycles. The predicted molar refractivity (Wildman–Crippen MR) is 123 cm³/mol. The number of nitrogens with zero attached hydrogens (tertiary/aromatic N) is 4. The van der Waals surface area contributed by atoms with Crippen LogP contribution in [0.5, 0.6) is 0 Å². The third-order valence-corrected chi connectivity index (χ3v) is 5.90. The Morgan fingerprint density at radius 1 is 1.09 bits per heavy atom. The third kappa shape index (κ3) is 3.68. The van der Waals surface area contributed by atoms with Gasteiger partial charge in [-0.15, -0.1) is 0 Å². The fourth-order valence-corrected chi connectivity index (χ4v) is 4.07. The van der Waals surface area contributed by atoms with Gasteiger partial charge in [-0.2, -0.15) is 13.2 Å². The monoisotopic (exact) mass is 463 g/mol. The highest BCUT2D eigenvalue weighted by atomic mass is 19.4. The van der Waals surface area contributed by atoms with Crippen LogP contribution in [0.25, 0.3) is 27.8 Å². The number of aromatic nitrogens is 4. The average Bonchev–Trinajstić information content (AvgIpc) is 3.30. The fraction of sp³-hybridized carbons (Fsp3) is 0.160. The quantitative estimate of drug-likeness (QED) is 0.400. The predicted octanol–water partition coefficient (Wildman–Crippen LogP) is 5.17. The number of aryl methyl sites for hydroxylation is 2. The number of alkyl halides is 3. The van der Waals surface area contributed by atoms with Gasteiger partial charge in [0.25, 0.3) is 5.91 Å². The number of halogens is 3. The van der Waals surface area contributed by atoms with Gasteiger partial charge in [0.1, 0.15) is 5.82 Å². The molecule has 0 spiro atoms. The van der Waals surface area contributed by atoms with Gasteiger partial charge < -0.3 is 9.88 Å². The van der Waals surface area contributed by atoms with Crippen LogP contribution >= 0.6 is 0 Å². The molecule has 1 N–H and O–H groups in total. The van der Waals surface area contributed by atoms with Crippen LogP contribution in [0, 0.1) is 6.92 Å². The van der Waals surface area contributed by atoms with Gasteiger partial charge in [0.15, 0.2) is 5.65 Å². The standard InChI is InChI=1S/C25H20F3N5O/c1-15-31-23-22(32(15)2)20-12-17(24(34)30-14-16-4-3-11-29-13-16)5-10-21(20)33(23)19-8-6-18(7-9-19)25(26,27)28/h3-13H,14H2,1-2H3,(H,30,34). The topological polar surface area (TPSA) is 64.7 Å². The van der Waals surface area contributed by atoms with Crippen LogP contribution in [0.15, 0.2) is 67.0 Å². The first-order chi connectivity index (χ1) is 16.2. The number of carbonyl (C=O) groups is 1. The molecule has 0 aliphatic carbocycles. The van der Waals surface area contributed by atoms with Gasteiger partial charge in [-0.25, -0.2) is 4.98 Å². The van der Waals surface area contributed by atoms with Gasteiger partial charge in [0, 0.05) is 42.6 Å². The Morgan fingerprint density at radius 3 is 2.53 bits per heavy atom. The molecule has 0 fully saturated rings. The van der Waals surface area contributed by atoms with Gasteiger partial charge >= 0.3 is 6.18 Å². The number of fused-ring (bicyclic) bond motifs is 3. The van der Waals surface area contributed by atoms with E-state index < -0.39 is 11.7 Å². The van der Waals surface area contributed by atoms with E-state index in [0.29, 0.717) is 23.4 Å². The normalized spacial score (nSPS) is 11.9. The van der Waals surface area contributed by atoms with E-state index in [1.165, 1.54) is 12.1 Å². The van der Waals surface area contributed by atoms with Gasteiger partial charge in [-0.3, -0.25) is 14.3 Å². The summed E-state index contributed by atoms with van der Waals surface area (Å²) >= 11 is 0. The minimum atomic E-state index is -4.41. The zero-order valence-electron chi connectivity index (χ0n) is 18.4. The zero-order valence-corrected chi connectivity index (χ0v) is 18.4. The van der Waals surface area contributed by atoms with Crippen molar-refractivity contribution in [3.05, 3.63) is 89.5 Å². The summed E-state index contributed by atoms with van der Waals surface area (Å²) in [6.45, 7) is 2.20. The third-order valence-electron chi connectivity index (χ3n) is 5.90. The molecule has 1 amide bonds. The van der Waals surface area contributed by atoms with Crippen molar-refractivity contribution in [2.24, 2.45) is 7.05 Å². The number of rotatable bonds is 4. The van der Waals surface area contributed by atoms with Gasteiger partial charge in [0.2, 0.25) is 0 Å². The summed E-state index contributed by atoms with van der Waals surface area (Å²) in [6, 6.07) is 13.9. The lowest BCUT2D eigenvalue weighted by molar-refractivity contribution is -0.137. The molecule has 0 aliphatic rings. The second-order valence-corrected chi connectivity index (χ2v) is 8.05. The molecule has 0 saturated carbocycles. The molecule has 5 aromatic rings. The van der Waals surface area contributed by atoms with Crippen LogP contribution in [0.1, 0.15) is 27.3 Å². The number of hydrogen-bond acceptors (Lipinski definition) is 3. The SMILES string of the molecule is Cc1nc2c(c3cc(C(=O)NCc4cccnc4)ccc3n2-c2ccc(C(F)(F)F)cc2)n1C. The lowest BCUT2D eigenvalue weighted by Gasteiger charge is -2.10. The van der Waals surface area contributed by atoms with Crippen molar-refractivity contribution in [2.75, 3.05) is 0 Å². The van der Waals surface area contributed by atoms with Crippen molar-refractivity contribution < 1.29 is 18.0 Å². The minimum absolute atomic E-state index is 0.236. The number of carbonyl (C=O) groups excluding carboxylic acids is 1. The average molecular weight is 463 g/mol. The highest BCUT2D eigenvalue weighted by molar-refractivity contribution is 6.09. The maximum Gasteiger partial charge on any atom is 0.416 e. The van der Waals surface area contributed by atoms with Gasteiger partial charge in [-0.05, 0) is 61.0 Å². The Balaban J connectivity index is 1.59. The Labute approximate surface area is 192 Å². The maximum absolute atomic E-state index is 13.1. The summed E-state index contributed by atoms with van der Waals surface area (Å²) in [4.78, 5) is 21.5. The summed E-state index contributed by atoms with van der Waals surface area (Å²) < 4.78 is 42.9. The molecule has 0 unspecified atom stereocenters. The van der Waals surface area contributed by atoms with Crippen LogP contribution in [0.2, 0.25) is 0 Å². The van der Waals surface area contributed by atoms with Crippen molar-refractivity contribution in [3.63, 3.8) is 0 Å². The van der Waals surface area contributed by atoms with Crippen molar-refractivity contribution in [1.82, 2.24) is 24.4 Å². The number of pyridine rings is 1. The van der Waals surface area contributed by atoms with E-state index in [-0.39, 0.29) is 5.91 Å². The highest BCUT2D eigenvalue weighted by Crippen LogP contribution is 2.34. The van der Waals surface area contributed by atoms with E-state index in [9.17, 15) is 18.0 Å². The molecule has 2 aromatic carbocycles. The van der Waals surface area contributed by atoms with Crippen molar-refractivity contribution >= 4 is 28.0 Å². The molecular weight excluding hydrogens is 443 g/mol. The van der Waals surface area contributed by atoms with E-state index in [0.717, 1.165) is 39.9 Å². The largest absolute Gasteiger partial charge is 0.416 e. The second-order valence-electron chi connectivity index (χ2n) is 8.05. The van der Waals surface area contributed by atoms with E-state index >= 15 is 0 Å². The lowest BCUT2D eigenvalue weighted by atomic mass is 10.1. The highest BCUT2D eigenvalue weighted by Gasteiger charge is 2.30.